The van der Waals surface area contributed by atoms with Gasteiger partial charge in [-0.15, -0.1) is 0 Å². The lowest BCUT2D eigenvalue weighted by atomic mass is 9.98. The van der Waals surface area contributed by atoms with Crippen LogP contribution in [0.15, 0.2) is 78.5 Å². The number of ether oxygens (including phenoxy) is 1. The highest BCUT2D eigenvalue weighted by Crippen LogP contribution is 2.38. The maximum Gasteiger partial charge on any atom is 0.433 e. The van der Waals surface area contributed by atoms with Gasteiger partial charge in [-0.3, -0.25) is 9.69 Å². The molecule has 1 aliphatic rings. The number of benzene rings is 2. The van der Waals surface area contributed by atoms with Crippen LogP contribution in [-0.2, 0) is 16.5 Å². The highest BCUT2D eigenvalue weighted by molar-refractivity contribution is 6.30. The number of halogens is 6. The third kappa shape index (κ3) is 5.85. The number of aromatic nitrogens is 1. The SMILES string of the molecule is CC(C)(NC1=CC(c2cccc(OC(F)F)c2)N(c2ccc(Cl)cc2)C1=O)c1cccc(C(F)(F)F)n1. The first-order valence-electron chi connectivity index (χ1n) is 11.0. The lowest BCUT2D eigenvalue weighted by Gasteiger charge is -2.29. The van der Waals surface area contributed by atoms with E-state index in [0.717, 1.165) is 6.07 Å². The van der Waals surface area contributed by atoms with Crippen molar-refractivity contribution in [1.82, 2.24) is 10.3 Å². The summed E-state index contributed by atoms with van der Waals surface area (Å²) >= 11 is 6.00. The van der Waals surface area contributed by atoms with Crippen molar-refractivity contribution in [3.05, 3.63) is 100 Å². The van der Waals surface area contributed by atoms with Gasteiger partial charge in [0.25, 0.3) is 5.91 Å². The van der Waals surface area contributed by atoms with E-state index in [-0.39, 0.29) is 17.1 Å². The lowest BCUT2D eigenvalue weighted by molar-refractivity contribution is -0.141. The third-order valence-corrected chi connectivity index (χ3v) is 5.96. The number of anilines is 1. The minimum atomic E-state index is -4.63. The Balaban J connectivity index is 1.72. The van der Waals surface area contributed by atoms with Gasteiger partial charge in [-0.05, 0) is 74.0 Å². The summed E-state index contributed by atoms with van der Waals surface area (Å²) in [6.45, 7) is 0.169. The Morgan fingerprint density at radius 2 is 1.65 bits per heavy atom. The molecule has 0 saturated carbocycles. The Kier molecular flexibility index (Phi) is 7.14. The highest BCUT2D eigenvalue weighted by Gasteiger charge is 2.39. The van der Waals surface area contributed by atoms with Crippen LogP contribution in [0.5, 0.6) is 5.75 Å². The Bertz CT molecular complexity index is 1330. The van der Waals surface area contributed by atoms with Crippen LogP contribution in [0.4, 0.5) is 27.6 Å². The van der Waals surface area contributed by atoms with Gasteiger partial charge in [-0.1, -0.05) is 29.8 Å². The molecule has 194 valence electrons. The largest absolute Gasteiger partial charge is 0.435 e. The topological polar surface area (TPSA) is 54.5 Å². The molecule has 1 aliphatic heterocycles. The quantitative estimate of drug-likeness (QED) is 0.335. The molecular formula is C26H21ClF5N3O2. The molecule has 5 nitrogen and oxygen atoms in total. The van der Waals surface area contributed by atoms with E-state index in [0.29, 0.717) is 16.3 Å². The molecule has 1 atom stereocenters. The normalized spacial score (nSPS) is 16.2. The Morgan fingerprint density at radius 1 is 1.00 bits per heavy atom. The summed E-state index contributed by atoms with van der Waals surface area (Å²) in [6, 6.07) is 15.2. The van der Waals surface area contributed by atoms with Gasteiger partial charge in [0.15, 0.2) is 0 Å². The van der Waals surface area contributed by atoms with Crippen LogP contribution in [0.3, 0.4) is 0 Å². The summed E-state index contributed by atoms with van der Waals surface area (Å²) < 4.78 is 69.7. The zero-order valence-electron chi connectivity index (χ0n) is 19.6. The van der Waals surface area contributed by atoms with Gasteiger partial charge in [0.1, 0.15) is 11.4 Å². The number of nitrogens with zero attached hydrogens (tertiary/aromatic N) is 2. The first kappa shape index (κ1) is 26.4. The molecule has 4 rings (SSSR count). The van der Waals surface area contributed by atoms with Crippen LogP contribution in [0.2, 0.25) is 5.02 Å². The summed E-state index contributed by atoms with van der Waals surface area (Å²) in [5.74, 6) is -0.563. The number of carbonyl (C=O) groups is 1. The molecule has 0 saturated heterocycles. The second kappa shape index (κ2) is 10.0. The standard InChI is InChI=1S/C26H21ClF5N3O2/c1-25(2,21-7-4-8-22(33-21)26(30,31)32)34-19-14-20(15-5-3-6-18(13-15)37-24(28)29)35(23(19)36)17-11-9-16(27)10-12-17/h3-14,20,24,34H,1-2H3. The summed E-state index contributed by atoms with van der Waals surface area (Å²) in [7, 11) is 0. The first-order valence-corrected chi connectivity index (χ1v) is 11.4. The molecule has 0 spiro atoms. The van der Waals surface area contributed by atoms with Crippen molar-refractivity contribution in [3.63, 3.8) is 0 Å². The zero-order chi connectivity index (χ0) is 27.0. The van der Waals surface area contributed by atoms with Crippen molar-refractivity contribution in [2.45, 2.75) is 38.2 Å². The van der Waals surface area contributed by atoms with Crippen LogP contribution < -0.4 is 15.0 Å². The van der Waals surface area contributed by atoms with E-state index in [1.54, 1.807) is 50.3 Å². The first-order chi connectivity index (χ1) is 17.3. The molecular weight excluding hydrogens is 517 g/mol. The predicted octanol–water partition coefficient (Wildman–Crippen LogP) is 6.85. The minimum absolute atomic E-state index is 0.0739. The molecule has 1 aromatic heterocycles. The monoisotopic (exact) mass is 537 g/mol. The van der Waals surface area contributed by atoms with Crippen LogP contribution >= 0.6 is 11.6 Å². The molecule has 1 unspecified atom stereocenters. The smallest absolute Gasteiger partial charge is 0.433 e. The number of pyridine rings is 1. The number of carbonyl (C=O) groups excluding carboxylic acids is 1. The molecule has 0 aliphatic carbocycles. The van der Waals surface area contributed by atoms with E-state index in [1.807, 2.05) is 0 Å². The van der Waals surface area contributed by atoms with Crippen molar-refractivity contribution in [2.75, 3.05) is 4.90 Å². The molecule has 0 bridgehead atoms. The van der Waals surface area contributed by atoms with Crippen molar-refractivity contribution >= 4 is 23.2 Å². The molecule has 1 N–H and O–H groups in total. The molecule has 1 amide bonds. The second-order valence-electron chi connectivity index (χ2n) is 8.78. The number of amides is 1. The maximum absolute atomic E-state index is 13.6. The van der Waals surface area contributed by atoms with E-state index in [4.69, 9.17) is 11.6 Å². The summed E-state index contributed by atoms with van der Waals surface area (Å²) in [6.07, 6.45) is -3.05. The minimum Gasteiger partial charge on any atom is -0.435 e. The fraction of sp³-hybridized carbons (Fsp3) is 0.231. The molecule has 37 heavy (non-hydrogen) atoms. The van der Waals surface area contributed by atoms with Crippen LogP contribution in [0.1, 0.15) is 36.8 Å². The molecule has 2 aromatic carbocycles. The fourth-order valence-corrected chi connectivity index (χ4v) is 4.12. The van der Waals surface area contributed by atoms with Gasteiger partial charge in [0.2, 0.25) is 0 Å². The average molecular weight is 538 g/mol. The summed E-state index contributed by atoms with van der Waals surface area (Å²) in [5, 5.41) is 3.47. The van der Waals surface area contributed by atoms with Gasteiger partial charge in [-0.2, -0.15) is 22.0 Å². The van der Waals surface area contributed by atoms with Crippen molar-refractivity contribution in [2.24, 2.45) is 0 Å². The number of hydrogen-bond donors (Lipinski definition) is 1. The molecule has 0 fully saturated rings. The molecule has 3 aromatic rings. The Labute approximate surface area is 214 Å². The van der Waals surface area contributed by atoms with E-state index >= 15 is 0 Å². The van der Waals surface area contributed by atoms with Gasteiger partial charge >= 0.3 is 12.8 Å². The van der Waals surface area contributed by atoms with Gasteiger partial charge in [0, 0.05) is 10.7 Å². The Hall–Kier alpha value is -3.66. The van der Waals surface area contributed by atoms with Crippen LogP contribution in [0.25, 0.3) is 0 Å². The molecule has 2 heterocycles. The van der Waals surface area contributed by atoms with Crippen molar-refractivity contribution in [3.8, 4) is 5.75 Å². The summed E-state index contributed by atoms with van der Waals surface area (Å²) in [5.41, 5.74) is -1.10. The second-order valence-corrected chi connectivity index (χ2v) is 9.22. The zero-order valence-corrected chi connectivity index (χ0v) is 20.3. The van der Waals surface area contributed by atoms with E-state index in [2.05, 4.69) is 15.0 Å². The lowest BCUT2D eigenvalue weighted by Crippen LogP contribution is -2.41. The number of hydrogen-bond acceptors (Lipinski definition) is 4. The number of nitrogens with one attached hydrogen (secondary N) is 1. The molecule has 0 radical (unpaired) electrons. The highest BCUT2D eigenvalue weighted by atomic mass is 35.5. The molecule has 11 heteroatoms. The van der Waals surface area contributed by atoms with Crippen LogP contribution in [-0.4, -0.2) is 17.5 Å². The van der Waals surface area contributed by atoms with E-state index < -0.39 is 36.0 Å². The third-order valence-electron chi connectivity index (χ3n) is 5.71. The van der Waals surface area contributed by atoms with Crippen molar-refractivity contribution in [1.29, 1.82) is 0 Å². The van der Waals surface area contributed by atoms with Gasteiger partial charge in [0.05, 0.1) is 23.0 Å². The van der Waals surface area contributed by atoms with E-state index in [9.17, 15) is 26.7 Å². The fourth-order valence-electron chi connectivity index (χ4n) is 4.00. The number of alkyl halides is 5. The van der Waals surface area contributed by atoms with Crippen molar-refractivity contribution < 1.29 is 31.5 Å². The Morgan fingerprint density at radius 3 is 2.30 bits per heavy atom. The van der Waals surface area contributed by atoms with Gasteiger partial charge < -0.3 is 10.1 Å². The average Bonchev–Trinajstić information content (AvgIpc) is 3.14. The summed E-state index contributed by atoms with van der Waals surface area (Å²) in [4.78, 5) is 18.8. The van der Waals surface area contributed by atoms with E-state index in [1.165, 1.54) is 35.2 Å². The van der Waals surface area contributed by atoms with Crippen LogP contribution in [0, 0.1) is 0 Å². The maximum atomic E-state index is 13.6. The predicted molar refractivity (Wildman–Crippen MR) is 128 cm³/mol. The number of rotatable bonds is 7. The van der Waals surface area contributed by atoms with Gasteiger partial charge in [-0.25, -0.2) is 4.98 Å².